The highest BCUT2D eigenvalue weighted by atomic mass is 32.2. The number of fused-ring (bicyclic) bond motifs is 1. The summed E-state index contributed by atoms with van der Waals surface area (Å²) in [5.41, 5.74) is 0.805. The van der Waals surface area contributed by atoms with E-state index in [1.165, 1.54) is 0 Å². The van der Waals surface area contributed by atoms with E-state index in [2.05, 4.69) is 18.2 Å². The van der Waals surface area contributed by atoms with Crippen LogP contribution in [0.3, 0.4) is 0 Å². The fourth-order valence-electron chi connectivity index (χ4n) is 3.71. The highest BCUT2D eigenvalue weighted by Crippen LogP contribution is 2.39. The van der Waals surface area contributed by atoms with E-state index in [0.29, 0.717) is 25.4 Å². The first-order valence-corrected chi connectivity index (χ1v) is 12.8. The lowest BCUT2D eigenvalue weighted by Gasteiger charge is -2.21. The van der Waals surface area contributed by atoms with Crippen molar-refractivity contribution < 1.29 is 18.8 Å². The average Bonchev–Trinajstić information content (AvgIpc) is 2.82. The maximum atomic E-state index is 12.8. The largest absolute Gasteiger partial charge is 0.493 e. The Morgan fingerprint density at radius 1 is 0.969 bits per heavy atom. The number of thioether (sulfide) groups is 1. The molecule has 2 unspecified atom stereocenters. The SMILES string of the molecule is CCOC(=O)C(CCc1ccccc1)C(CSc1c(OCC)ccc2ccccc12)P=O. The Balaban J connectivity index is 1.81. The monoisotopic (exact) mass is 468 g/mol. The van der Waals surface area contributed by atoms with Crippen LogP contribution in [0.4, 0.5) is 0 Å². The van der Waals surface area contributed by atoms with Gasteiger partial charge in [0, 0.05) is 5.75 Å². The minimum atomic E-state index is -0.438. The molecule has 0 bridgehead atoms. The number of benzene rings is 3. The molecule has 0 aliphatic rings. The van der Waals surface area contributed by atoms with Gasteiger partial charge < -0.3 is 9.47 Å². The lowest BCUT2D eigenvalue weighted by atomic mass is 9.96. The Labute approximate surface area is 195 Å². The number of carbonyl (C=O) groups is 1. The summed E-state index contributed by atoms with van der Waals surface area (Å²) in [6, 6.07) is 22.2. The van der Waals surface area contributed by atoms with Crippen molar-refractivity contribution in [3.05, 3.63) is 72.3 Å². The number of rotatable bonds is 12. The molecule has 168 valence electrons. The van der Waals surface area contributed by atoms with Gasteiger partial charge in [0.25, 0.3) is 0 Å². The maximum Gasteiger partial charge on any atom is 0.310 e. The Hall–Kier alpha value is -2.36. The van der Waals surface area contributed by atoms with E-state index in [4.69, 9.17) is 9.47 Å². The van der Waals surface area contributed by atoms with Crippen molar-refractivity contribution in [1.29, 1.82) is 0 Å². The highest BCUT2D eigenvalue weighted by Gasteiger charge is 2.30. The highest BCUT2D eigenvalue weighted by molar-refractivity contribution is 7.99. The molecule has 0 N–H and O–H groups in total. The molecule has 0 spiro atoms. The summed E-state index contributed by atoms with van der Waals surface area (Å²) in [5, 5.41) is 2.22. The van der Waals surface area contributed by atoms with Crippen molar-refractivity contribution >= 4 is 37.0 Å². The summed E-state index contributed by atoms with van der Waals surface area (Å²) in [6.45, 7) is 4.64. The average molecular weight is 469 g/mol. The molecule has 0 fully saturated rings. The maximum absolute atomic E-state index is 12.8. The summed E-state index contributed by atoms with van der Waals surface area (Å²) in [6.07, 6.45) is 1.33. The normalized spacial score (nSPS) is 13.1. The van der Waals surface area contributed by atoms with Gasteiger partial charge in [-0.15, -0.1) is 11.8 Å². The zero-order valence-electron chi connectivity index (χ0n) is 18.5. The quantitative estimate of drug-likeness (QED) is 0.166. The van der Waals surface area contributed by atoms with Gasteiger partial charge in [0.15, 0.2) is 8.46 Å². The molecule has 0 saturated heterocycles. The Kier molecular flexibility index (Phi) is 9.58. The fraction of sp³-hybridized carbons (Fsp3) is 0.346. The molecule has 6 heteroatoms. The van der Waals surface area contributed by atoms with Crippen LogP contribution in [0.2, 0.25) is 0 Å². The van der Waals surface area contributed by atoms with Crippen LogP contribution < -0.4 is 4.74 Å². The predicted octanol–water partition coefficient (Wildman–Crippen LogP) is 6.80. The molecule has 32 heavy (non-hydrogen) atoms. The number of ether oxygens (including phenoxy) is 2. The van der Waals surface area contributed by atoms with Crippen LogP contribution in [0.15, 0.2) is 71.6 Å². The number of hydrogen-bond acceptors (Lipinski definition) is 5. The van der Waals surface area contributed by atoms with Crippen molar-refractivity contribution in [2.24, 2.45) is 5.92 Å². The number of esters is 1. The van der Waals surface area contributed by atoms with Crippen LogP contribution >= 0.6 is 20.2 Å². The molecule has 0 radical (unpaired) electrons. The number of carbonyl (C=O) groups excluding carboxylic acids is 1. The third-order valence-electron chi connectivity index (χ3n) is 5.32. The minimum absolute atomic E-state index is 0.0467. The van der Waals surface area contributed by atoms with Crippen LogP contribution in [0.5, 0.6) is 5.75 Å². The molecule has 0 aliphatic heterocycles. The van der Waals surface area contributed by atoms with Gasteiger partial charge in [0.05, 0.1) is 29.7 Å². The zero-order chi connectivity index (χ0) is 22.8. The second-order valence-corrected chi connectivity index (χ2v) is 9.32. The van der Waals surface area contributed by atoms with Gasteiger partial charge in [0.2, 0.25) is 0 Å². The van der Waals surface area contributed by atoms with Gasteiger partial charge in [-0.05, 0) is 49.1 Å². The number of hydrogen-bond donors (Lipinski definition) is 0. The van der Waals surface area contributed by atoms with E-state index >= 15 is 0 Å². The van der Waals surface area contributed by atoms with E-state index in [-0.39, 0.29) is 20.1 Å². The summed E-state index contributed by atoms with van der Waals surface area (Å²) >= 11 is 1.59. The van der Waals surface area contributed by atoms with Crippen molar-refractivity contribution in [2.75, 3.05) is 19.0 Å². The topological polar surface area (TPSA) is 52.6 Å². The van der Waals surface area contributed by atoms with Crippen LogP contribution in [-0.2, 0) is 20.5 Å². The summed E-state index contributed by atoms with van der Waals surface area (Å²) < 4.78 is 23.4. The van der Waals surface area contributed by atoms with E-state index in [1.807, 2.05) is 55.5 Å². The molecule has 3 aromatic carbocycles. The van der Waals surface area contributed by atoms with E-state index < -0.39 is 5.92 Å². The van der Waals surface area contributed by atoms with Crippen LogP contribution in [0.1, 0.15) is 25.8 Å². The zero-order valence-corrected chi connectivity index (χ0v) is 20.2. The van der Waals surface area contributed by atoms with E-state index in [9.17, 15) is 9.36 Å². The van der Waals surface area contributed by atoms with Gasteiger partial charge in [0.1, 0.15) is 5.75 Å². The summed E-state index contributed by atoms with van der Waals surface area (Å²) in [5.74, 6) is 0.624. The molecule has 0 aromatic heterocycles. The smallest absolute Gasteiger partial charge is 0.310 e. The molecule has 2 atom stereocenters. The lowest BCUT2D eigenvalue weighted by molar-refractivity contribution is -0.148. The first-order chi connectivity index (χ1) is 15.7. The molecule has 4 nitrogen and oxygen atoms in total. The molecule has 3 aromatic rings. The number of aryl methyl sites for hydroxylation is 1. The van der Waals surface area contributed by atoms with Gasteiger partial charge >= 0.3 is 5.97 Å². The van der Waals surface area contributed by atoms with Gasteiger partial charge in [-0.2, -0.15) is 0 Å². The minimum Gasteiger partial charge on any atom is -0.493 e. The third-order valence-corrected chi connectivity index (χ3v) is 7.61. The Morgan fingerprint density at radius 2 is 1.72 bits per heavy atom. The third kappa shape index (κ3) is 6.34. The fourth-order valence-corrected chi connectivity index (χ4v) is 5.78. The molecule has 0 heterocycles. The second-order valence-electron chi connectivity index (χ2n) is 7.41. The molecule has 0 saturated carbocycles. The predicted molar refractivity (Wildman–Crippen MR) is 132 cm³/mol. The standard InChI is InChI=1S/C26H29O4PS/c1-3-29-23-17-15-20-12-8-9-13-21(20)25(23)32-18-24(31-28)22(26(27)30-4-2)16-14-19-10-6-5-7-11-19/h5-13,15,17,22,24H,3-4,14,16,18H2,1-2H3. The molecule has 0 amide bonds. The van der Waals surface area contributed by atoms with Crippen molar-refractivity contribution in [3.8, 4) is 5.75 Å². The first kappa shape index (κ1) is 24.3. The van der Waals surface area contributed by atoms with Crippen molar-refractivity contribution in [1.82, 2.24) is 0 Å². The lowest BCUT2D eigenvalue weighted by Crippen LogP contribution is -2.29. The molecular weight excluding hydrogens is 439 g/mol. The Morgan fingerprint density at radius 3 is 2.44 bits per heavy atom. The van der Waals surface area contributed by atoms with Crippen LogP contribution in [0, 0.1) is 5.92 Å². The first-order valence-electron chi connectivity index (χ1n) is 11.0. The summed E-state index contributed by atoms with van der Waals surface area (Å²) in [4.78, 5) is 13.8. The van der Waals surface area contributed by atoms with Gasteiger partial charge in [-0.1, -0.05) is 60.7 Å². The summed E-state index contributed by atoms with van der Waals surface area (Å²) in [7, 11) is -0.0467. The van der Waals surface area contributed by atoms with Gasteiger partial charge in [-0.25, -0.2) is 0 Å². The van der Waals surface area contributed by atoms with Gasteiger partial charge in [-0.3, -0.25) is 9.36 Å². The van der Waals surface area contributed by atoms with E-state index in [1.54, 1.807) is 18.7 Å². The van der Waals surface area contributed by atoms with Crippen molar-refractivity contribution in [2.45, 2.75) is 37.2 Å². The molecule has 3 rings (SSSR count). The van der Waals surface area contributed by atoms with Crippen LogP contribution in [-0.4, -0.2) is 30.6 Å². The second kappa shape index (κ2) is 12.6. The van der Waals surface area contributed by atoms with E-state index in [0.717, 1.165) is 33.4 Å². The molecular formula is C26H29O4PS. The molecule has 0 aliphatic carbocycles. The Bertz CT molecular complexity index is 1020. The van der Waals surface area contributed by atoms with Crippen molar-refractivity contribution in [3.63, 3.8) is 0 Å². The van der Waals surface area contributed by atoms with Crippen LogP contribution in [0.25, 0.3) is 10.8 Å².